The van der Waals surface area contributed by atoms with Gasteiger partial charge in [-0.1, -0.05) is 13.5 Å². The molecule has 0 aliphatic carbocycles. The van der Waals surface area contributed by atoms with E-state index in [2.05, 4.69) is 12.0 Å². The van der Waals surface area contributed by atoms with Gasteiger partial charge in [0, 0.05) is 6.54 Å². The molecule has 0 radical (unpaired) electrons. The fraction of sp³-hybridized carbons (Fsp3) is 0.545. The number of hydrogen-bond acceptors (Lipinski definition) is 3. The molecule has 0 aromatic heterocycles. The molecule has 0 rings (SSSR count). The summed E-state index contributed by atoms with van der Waals surface area (Å²) in [5.74, 6) is -1.59. The van der Waals surface area contributed by atoms with Gasteiger partial charge in [0.1, 0.15) is 0 Å². The van der Waals surface area contributed by atoms with Gasteiger partial charge in [0.05, 0.1) is 14.1 Å². The van der Waals surface area contributed by atoms with Crippen LogP contribution < -0.4 is 5.43 Å². The van der Waals surface area contributed by atoms with E-state index in [1.807, 2.05) is 6.92 Å². The third-order valence-electron chi connectivity index (χ3n) is 2.16. The van der Waals surface area contributed by atoms with Gasteiger partial charge in [0.15, 0.2) is 6.54 Å². The zero-order chi connectivity index (χ0) is 14.3. The van der Waals surface area contributed by atoms with E-state index in [-0.39, 0.29) is 11.0 Å². The molecule has 0 saturated carbocycles. The lowest BCUT2D eigenvalue weighted by atomic mass is 10.4. The highest BCUT2D eigenvalue weighted by atomic mass is 16.4. The summed E-state index contributed by atoms with van der Waals surface area (Å²) in [7, 11) is 2.94. The average Bonchev–Trinajstić information content (AvgIpc) is 2.25. The van der Waals surface area contributed by atoms with Crippen molar-refractivity contribution in [2.75, 3.05) is 27.2 Å². The molecule has 18 heavy (non-hydrogen) atoms. The summed E-state index contributed by atoms with van der Waals surface area (Å²) in [6, 6.07) is -0.491. The van der Waals surface area contributed by atoms with Crippen LogP contribution in [0.3, 0.4) is 0 Å². The van der Waals surface area contributed by atoms with Crippen LogP contribution in [0, 0.1) is 0 Å². The molecule has 3 amide bonds. The van der Waals surface area contributed by atoms with Crippen molar-refractivity contribution in [3.63, 3.8) is 0 Å². The van der Waals surface area contributed by atoms with Crippen molar-refractivity contribution in [3.8, 4) is 0 Å². The number of amides is 3. The minimum atomic E-state index is -1.08. The molecule has 7 heteroatoms. The summed E-state index contributed by atoms with van der Waals surface area (Å²) in [4.78, 5) is 34.0. The van der Waals surface area contributed by atoms with Gasteiger partial charge < -0.3 is 5.11 Å². The van der Waals surface area contributed by atoms with E-state index >= 15 is 0 Å². The number of urea groups is 1. The Morgan fingerprint density at radius 3 is 2.33 bits per heavy atom. The van der Waals surface area contributed by atoms with Gasteiger partial charge in [-0.2, -0.15) is 0 Å². The van der Waals surface area contributed by atoms with Crippen molar-refractivity contribution in [3.05, 3.63) is 12.7 Å². The number of aliphatic carboxylic acids is 1. The molecule has 0 atom stereocenters. The molecule has 0 saturated heterocycles. The quantitative estimate of drug-likeness (QED) is 0.419. The number of quaternary nitrogens is 1. The predicted molar refractivity (Wildman–Crippen MR) is 65.3 cm³/mol. The van der Waals surface area contributed by atoms with Crippen LogP contribution in [0.4, 0.5) is 4.79 Å². The lowest BCUT2D eigenvalue weighted by molar-refractivity contribution is -0.805. The molecule has 0 fully saturated rings. The second-order valence-electron chi connectivity index (χ2n) is 4.35. The van der Waals surface area contributed by atoms with E-state index in [1.54, 1.807) is 0 Å². The number of rotatable bonds is 5. The lowest BCUT2D eigenvalue weighted by Crippen LogP contribution is -2.59. The Bertz CT molecular complexity index is 352. The van der Waals surface area contributed by atoms with E-state index in [9.17, 15) is 14.4 Å². The van der Waals surface area contributed by atoms with Crippen LogP contribution in [0.2, 0.25) is 0 Å². The molecule has 0 aromatic rings. The second kappa shape index (κ2) is 6.75. The summed E-state index contributed by atoms with van der Waals surface area (Å²) in [6.45, 7) is 5.09. The first-order chi connectivity index (χ1) is 8.24. The smallest absolute Gasteiger partial charge is 0.437 e. The van der Waals surface area contributed by atoms with Crippen molar-refractivity contribution in [2.45, 2.75) is 13.3 Å². The number of carboxylic acids is 1. The number of carbonyl (C=O) groups excluding carboxylic acids is 2. The van der Waals surface area contributed by atoms with Gasteiger partial charge in [-0.05, 0) is 12.5 Å². The van der Waals surface area contributed by atoms with Crippen LogP contribution in [0.1, 0.15) is 13.3 Å². The maximum absolute atomic E-state index is 12.1. The van der Waals surface area contributed by atoms with Gasteiger partial charge in [0.25, 0.3) is 5.91 Å². The number of likely N-dealkylation sites (N-methyl/N-ethyl adjacent to an activating group) is 1. The molecule has 0 aliphatic heterocycles. The fourth-order valence-electron chi connectivity index (χ4n) is 1.33. The fourth-order valence-corrected chi connectivity index (χ4v) is 1.33. The Morgan fingerprint density at radius 1 is 1.39 bits per heavy atom. The number of nitrogens with one attached hydrogen (secondary N) is 1. The number of carbonyl (C=O) groups is 3. The molecule has 7 nitrogen and oxygen atoms in total. The number of nitrogens with zero attached hydrogens (tertiary/aromatic N) is 2. The molecule has 0 aliphatic rings. The molecule has 2 N–H and O–H groups in total. The summed E-state index contributed by atoms with van der Waals surface area (Å²) < 4.78 is -0.382. The minimum absolute atomic E-state index is 0.305. The Balaban J connectivity index is 4.88. The van der Waals surface area contributed by atoms with Crippen molar-refractivity contribution >= 4 is 17.9 Å². The topological polar surface area (TPSA) is 86.7 Å². The standard InChI is InChI=1S/C11H19N3O4/c1-5-7-13(12-9(15)6-2)11(18)14(3,4)8-10(16)17/h6H,2,5,7-8H2,1,3-4H3,(H-,12,15,16,17)/p+1. The van der Waals surface area contributed by atoms with Gasteiger partial charge in [-0.3, -0.25) is 10.2 Å². The van der Waals surface area contributed by atoms with E-state index < -0.39 is 17.9 Å². The molecule has 0 unspecified atom stereocenters. The third-order valence-corrected chi connectivity index (χ3v) is 2.16. The SMILES string of the molecule is C=CC(=O)NN(CCC)C(=O)[N+](C)(C)CC(=O)O. The van der Waals surface area contributed by atoms with Gasteiger partial charge in [-0.25, -0.2) is 19.1 Å². The van der Waals surface area contributed by atoms with Crippen LogP contribution in [0.5, 0.6) is 0 Å². The van der Waals surface area contributed by atoms with Crippen LogP contribution in [0.15, 0.2) is 12.7 Å². The maximum atomic E-state index is 12.1. The predicted octanol–water partition coefficient (Wildman–Crippen LogP) is 0.197. The highest BCUT2D eigenvalue weighted by Crippen LogP contribution is 2.04. The summed E-state index contributed by atoms with van der Waals surface area (Å²) in [5.41, 5.74) is 2.36. The largest absolute Gasteiger partial charge is 0.477 e. The normalized spacial score (nSPS) is 10.6. The molecular formula is C11H20N3O4+. The maximum Gasteiger partial charge on any atom is 0.437 e. The number of carboxylic acid groups (broad SMARTS) is 1. The van der Waals surface area contributed by atoms with Crippen LogP contribution in [0.25, 0.3) is 0 Å². The van der Waals surface area contributed by atoms with E-state index in [4.69, 9.17) is 5.11 Å². The van der Waals surface area contributed by atoms with E-state index in [1.165, 1.54) is 14.1 Å². The first-order valence-electron chi connectivity index (χ1n) is 5.54. The average molecular weight is 258 g/mol. The van der Waals surface area contributed by atoms with E-state index in [0.717, 1.165) is 11.1 Å². The molecular weight excluding hydrogens is 238 g/mol. The first-order valence-corrected chi connectivity index (χ1v) is 5.54. The van der Waals surface area contributed by atoms with Gasteiger partial charge >= 0.3 is 12.0 Å². The first kappa shape index (κ1) is 16.1. The van der Waals surface area contributed by atoms with Crippen molar-refractivity contribution < 1.29 is 24.0 Å². The third kappa shape index (κ3) is 4.96. The molecule has 0 heterocycles. The Labute approximate surface area is 106 Å². The minimum Gasteiger partial charge on any atom is -0.477 e. The van der Waals surface area contributed by atoms with Crippen LogP contribution in [-0.4, -0.2) is 59.7 Å². The van der Waals surface area contributed by atoms with E-state index in [0.29, 0.717) is 13.0 Å². The summed E-state index contributed by atoms with van der Waals surface area (Å²) in [5, 5.41) is 9.87. The van der Waals surface area contributed by atoms with Gasteiger partial charge in [-0.15, -0.1) is 0 Å². The van der Waals surface area contributed by atoms with Crippen LogP contribution in [-0.2, 0) is 9.59 Å². The highest BCUT2D eigenvalue weighted by molar-refractivity contribution is 5.88. The zero-order valence-electron chi connectivity index (χ0n) is 11.0. The summed E-state index contributed by atoms with van der Waals surface area (Å²) in [6.07, 6.45) is 1.68. The molecule has 0 spiro atoms. The Morgan fingerprint density at radius 2 is 1.94 bits per heavy atom. The van der Waals surface area contributed by atoms with Crippen molar-refractivity contribution in [2.24, 2.45) is 0 Å². The summed E-state index contributed by atoms with van der Waals surface area (Å²) >= 11 is 0. The lowest BCUT2D eigenvalue weighted by Gasteiger charge is -2.31. The van der Waals surface area contributed by atoms with Crippen LogP contribution >= 0.6 is 0 Å². The molecule has 102 valence electrons. The van der Waals surface area contributed by atoms with Crippen molar-refractivity contribution in [1.29, 1.82) is 0 Å². The Kier molecular flexibility index (Phi) is 6.04. The zero-order valence-corrected chi connectivity index (χ0v) is 11.0. The molecule has 0 bridgehead atoms. The van der Waals surface area contributed by atoms with Crippen molar-refractivity contribution in [1.82, 2.24) is 10.4 Å². The number of hydrazine groups is 1. The van der Waals surface area contributed by atoms with Gasteiger partial charge in [0.2, 0.25) is 0 Å². The monoisotopic (exact) mass is 258 g/mol. The number of hydrogen-bond donors (Lipinski definition) is 2. The molecule has 0 aromatic carbocycles. The second-order valence-corrected chi connectivity index (χ2v) is 4.35. The Hall–Kier alpha value is -1.89. The highest BCUT2D eigenvalue weighted by Gasteiger charge is 2.34.